The standard InChI is InChI=1S/C10H5Cl2N5O5S.C6H4Cl2N2O.H2/c11-5-4-13-8(9(12)14-5)10(18)16-23(21,22)7-3-1-2-6(15-7)17(19)20;1-3(11)5-6(8)10-4(7)2-9-5;/h1-4H,(H,16,18);2H,1H3;1H. The second-order valence-electron chi connectivity index (χ2n) is 5.75. The lowest BCUT2D eigenvalue weighted by Gasteiger charge is -2.04. The number of halogens is 4. The molecule has 13 nitrogen and oxygen atoms in total. The van der Waals surface area contributed by atoms with Gasteiger partial charge in [0.2, 0.25) is 0 Å². The van der Waals surface area contributed by atoms with Gasteiger partial charge in [0, 0.05) is 20.5 Å². The van der Waals surface area contributed by atoms with Gasteiger partial charge in [0.25, 0.3) is 10.9 Å². The number of sulfonamides is 1. The maximum absolute atomic E-state index is 12.0. The molecule has 0 saturated heterocycles. The third kappa shape index (κ3) is 7.23. The molecule has 0 spiro atoms. The largest absolute Gasteiger partial charge is 0.364 e. The minimum absolute atomic E-state index is 0. The number of aromatic nitrogens is 5. The van der Waals surface area contributed by atoms with Gasteiger partial charge < -0.3 is 10.1 Å². The van der Waals surface area contributed by atoms with Gasteiger partial charge in [-0.2, -0.15) is 8.42 Å². The Morgan fingerprint density at radius 2 is 1.50 bits per heavy atom. The topological polar surface area (TPSA) is 188 Å². The molecular formula is C16H11Cl4N7O6S. The summed E-state index contributed by atoms with van der Waals surface area (Å²) in [6.07, 6.45) is 2.28. The van der Waals surface area contributed by atoms with E-state index in [9.17, 15) is 28.1 Å². The first kappa shape index (κ1) is 27.2. The van der Waals surface area contributed by atoms with Crippen LogP contribution in [0.4, 0.5) is 5.82 Å². The Labute approximate surface area is 212 Å². The van der Waals surface area contributed by atoms with Crippen molar-refractivity contribution in [1.29, 1.82) is 0 Å². The Morgan fingerprint density at radius 3 is 1.97 bits per heavy atom. The zero-order valence-electron chi connectivity index (χ0n) is 16.4. The maximum Gasteiger partial charge on any atom is 0.364 e. The molecule has 0 saturated carbocycles. The second kappa shape index (κ2) is 11.4. The summed E-state index contributed by atoms with van der Waals surface area (Å²) >= 11 is 22.2. The minimum Gasteiger partial charge on any atom is -0.358 e. The van der Waals surface area contributed by atoms with Crippen LogP contribution < -0.4 is 4.72 Å². The van der Waals surface area contributed by atoms with E-state index in [0.717, 1.165) is 24.4 Å². The zero-order valence-corrected chi connectivity index (χ0v) is 20.3. The van der Waals surface area contributed by atoms with Crippen LogP contribution in [0.15, 0.2) is 35.6 Å². The van der Waals surface area contributed by atoms with Crippen LogP contribution in [0.2, 0.25) is 20.6 Å². The first-order valence-corrected chi connectivity index (χ1v) is 11.4. The number of nitro groups is 1. The third-order valence-corrected chi connectivity index (χ3v) is 5.47. The molecule has 0 aliphatic heterocycles. The van der Waals surface area contributed by atoms with Gasteiger partial charge in [-0.05, 0) is 16.0 Å². The number of amides is 1. The Bertz CT molecular complexity index is 1400. The quantitative estimate of drug-likeness (QED) is 0.268. The van der Waals surface area contributed by atoms with Crippen LogP contribution in [-0.4, -0.2) is 50.0 Å². The highest BCUT2D eigenvalue weighted by Crippen LogP contribution is 2.16. The van der Waals surface area contributed by atoms with Gasteiger partial charge in [0.05, 0.1) is 12.4 Å². The molecule has 3 rings (SSSR count). The zero-order chi connectivity index (χ0) is 25.6. The van der Waals surface area contributed by atoms with Gasteiger partial charge >= 0.3 is 15.8 Å². The molecule has 3 aromatic rings. The van der Waals surface area contributed by atoms with E-state index in [1.54, 1.807) is 4.72 Å². The Kier molecular flexibility index (Phi) is 9.12. The monoisotopic (exact) mass is 569 g/mol. The molecule has 34 heavy (non-hydrogen) atoms. The Hall–Kier alpha value is -3.04. The summed E-state index contributed by atoms with van der Waals surface area (Å²) in [5, 5.41) is 9.64. The van der Waals surface area contributed by atoms with E-state index < -0.39 is 42.5 Å². The number of hydrogen-bond donors (Lipinski definition) is 1. The predicted molar refractivity (Wildman–Crippen MR) is 122 cm³/mol. The van der Waals surface area contributed by atoms with Crippen molar-refractivity contribution in [3.63, 3.8) is 0 Å². The number of rotatable bonds is 5. The van der Waals surface area contributed by atoms with Gasteiger partial charge in [-0.15, -0.1) is 0 Å². The van der Waals surface area contributed by atoms with E-state index in [4.69, 9.17) is 46.4 Å². The average Bonchev–Trinajstić information content (AvgIpc) is 2.73. The summed E-state index contributed by atoms with van der Waals surface area (Å²) in [6.45, 7) is 1.36. The van der Waals surface area contributed by atoms with Crippen molar-refractivity contribution >= 4 is 73.9 Å². The summed E-state index contributed by atoms with van der Waals surface area (Å²) in [7, 11) is -4.47. The lowest BCUT2D eigenvalue weighted by atomic mass is 10.3. The van der Waals surface area contributed by atoms with E-state index in [2.05, 4.69) is 24.9 Å². The molecule has 0 fully saturated rings. The number of ketones is 1. The van der Waals surface area contributed by atoms with Crippen molar-refractivity contribution in [1.82, 2.24) is 29.6 Å². The number of carbonyl (C=O) groups is 2. The number of Topliss-reactive ketones (excluding diaryl/α,β-unsaturated/α-hetero) is 1. The predicted octanol–water partition coefficient (Wildman–Crippen LogP) is 3.44. The maximum atomic E-state index is 12.0. The smallest absolute Gasteiger partial charge is 0.358 e. The Balaban J connectivity index is 0.000000430. The molecule has 0 atom stereocenters. The fourth-order valence-electron chi connectivity index (χ4n) is 1.96. The minimum atomic E-state index is -4.47. The van der Waals surface area contributed by atoms with Crippen LogP contribution in [0.1, 0.15) is 29.3 Å². The van der Waals surface area contributed by atoms with Gasteiger partial charge in [-0.25, -0.2) is 24.7 Å². The van der Waals surface area contributed by atoms with E-state index in [1.165, 1.54) is 13.1 Å². The molecule has 0 aliphatic rings. The highest BCUT2D eigenvalue weighted by Gasteiger charge is 2.27. The van der Waals surface area contributed by atoms with E-state index in [0.29, 0.717) is 0 Å². The molecule has 3 heterocycles. The number of nitrogens with zero attached hydrogens (tertiary/aromatic N) is 6. The van der Waals surface area contributed by atoms with Crippen molar-refractivity contribution in [2.24, 2.45) is 0 Å². The molecule has 0 bridgehead atoms. The summed E-state index contributed by atoms with van der Waals surface area (Å²) in [5.74, 6) is -2.10. The third-order valence-electron chi connectivity index (χ3n) is 3.35. The molecule has 1 amide bonds. The molecule has 1 N–H and O–H groups in total. The van der Waals surface area contributed by atoms with Crippen molar-refractivity contribution in [3.05, 3.63) is 72.7 Å². The van der Waals surface area contributed by atoms with Gasteiger partial charge in [-0.3, -0.25) is 9.59 Å². The number of carbonyl (C=O) groups excluding carboxylic acids is 2. The van der Waals surface area contributed by atoms with Crippen LogP contribution >= 0.6 is 46.4 Å². The van der Waals surface area contributed by atoms with E-state index in [-0.39, 0.29) is 28.4 Å². The molecule has 0 radical (unpaired) electrons. The molecule has 18 heteroatoms. The SMILES string of the molecule is CC(=O)c1ncc(Cl)nc1Cl.O=C(NS(=O)(=O)c1cccc([N+](=O)[O-])n1)c1ncc(Cl)nc1Cl.[HH]. The summed E-state index contributed by atoms with van der Waals surface area (Å²) in [4.78, 5) is 50.2. The second-order valence-corrected chi connectivity index (χ2v) is 8.87. The van der Waals surface area contributed by atoms with Crippen LogP contribution in [0.5, 0.6) is 0 Å². The lowest BCUT2D eigenvalue weighted by molar-refractivity contribution is -0.390. The molecule has 180 valence electrons. The molecule has 3 aromatic heterocycles. The first-order valence-electron chi connectivity index (χ1n) is 8.37. The van der Waals surface area contributed by atoms with Crippen LogP contribution in [-0.2, 0) is 10.0 Å². The molecule has 0 unspecified atom stereocenters. The Morgan fingerprint density at radius 1 is 0.971 bits per heavy atom. The van der Waals surface area contributed by atoms with Crippen LogP contribution in [0.3, 0.4) is 0 Å². The molecular weight excluding hydrogens is 560 g/mol. The number of pyridine rings is 1. The van der Waals surface area contributed by atoms with Crippen LogP contribution in [0.25, 0.3) is 0 Å². The lowest BCUT2D eigenvalue weighted by Crippen LogP contribution is -2.32. The first-order chi connectivity index (χ1) is 15.8. The number of hydrogen-bond acceptors (Lipinski definition) is 11. The fraction of sp³-hybridized carbons (Fsp3) is 0.0625. The highest BCUT2D eigenvalue weighted by atomic mass is 35.5. The van der Waals surface area contributed by atoms with Crippen LogP contribution in [0, 0.1) is 10.1 Å². The van der Waals surface area contributed by atoms with E-state index in [1.807, 2.05) is 0 Å². The molecule has 0 aliphatic carbocycles. The summed E-state index contributed by atoms with van der Waals surface area (Å²) in [5.41, 5.74) is -0.332. The fourth-order valence-corrected chi connectivity index (χ4v) is 3.73. The summed E-state index contributed by atoms with van der Waals surface area (Å²) in [6, 6.07) is 3.10. The van der Waals surface area contributed by atoms with E-state index >= 15 is 0 Å². The normalized spacial score (nSPS) is 10.6. The van der Waals surface area contributed by atoms with Gasteiger partial charge in [0.1, 0.15) is 16.0 Å². The van der Waals surface area contributed by atoms with Gasteiger partial charge in [0.15, 0.2) is 21.8 Å². The average molecular weight is 571 g/mol. The molecule has 0 aromatic carbocycles. The summed E-state index contributed by atoms with van der Waals surface area (Å²) < 4.78 is 25.7. The van der Waals surface area contributed by atoms with Crippen molar-refractivity contribution in [2.45, 2.75) is 11.9 Å². The van der Waals surface area contributed by atoms with Gasteiger partial charge in [-0.1, -0.05) is 46.4 Å². The highest BCUT2D eigenvalue weighted by molar-refractivity contribution is 7.90. The number of nitrogens with one attached hydrogen (secondary N) is 1. The van der Waals surface area contributed by atoms with Crippen molar-refractivity contribution in [2.75, 3.05) is 0 Å². The van der Waals surface area contributed by atoms with Crippen molar-refractivity contribution < 1.29 is 24.4 Å². The van der Waals surface area contributed by atoms with Crippen molar-refractivity contribution in [3.8, 4) is 0 Å².